The van der Waals surface area contributed by atoms with Crippen molar-refractivity contribution in [3.05, 3.63) is 29.8 Å². The number of carbonyl (C=O) groups is 2. The van der Waals surface area contributed by atoms with Crippen LogP contribution in [-0.4, -0.2) is 37.2 Å². The molecule has 0 saturated heterocycles. The maximum absolute atomic E-state index is 12.7. The molecule has 0 aromatic heterocycles. The third kappa shape index (κ3) is 3.45. The zero-order valence-corrected chi connectivity index (χ0v) is 14.8. The van der Waals surface area contributed by atoms with Gasteiger partial charge in [0, 0.05) is 0 Å². The highest BCUT2D eigenvalue weighted by atomic mass is 32.2. The second-order valence-electron chi connectivity index (χ2n) is 5.72. The van der Waals surface area contributed by atoms with E-state index < -0.39 is 27.9 Å². The van der Waals surface area contributed by atoms with E-state index in [-0.39, 0.29) is 23.5 Å². The first-order chi connectivity index (χ1) is 11.4. The number of hydrogen-bond acceptors (Lipinski definition) is 5. The first-order valence-corrected chi connectivity index (χ1v) is 9.73. The summed E-state index contributed by atoms with van der Waals surface area (Å²) in [5.41, 5.74) is 0.111. The predicted octanol–water partition coefficient (Wildman–Crippen LogP) is 2.73. The lowest BCUT2D eigenvalue weighted by Crippen LogP contribution is -2.45. The van der Waals surface area contributed by atoms with Crippen molar-refractivity contribution < 1.29 is 22.7 Å². The van der Waals surface area contributed by atoms with Crippen LogP contribution in [0.1, 0.15) is 56.3 Å². The van der Waals surface area contributed by atoms with E-state index in [0.29, 0.717) is 10.7 Å². The Balaban J connectivity index is 2.32. The van der Waals surface area contributed by atoms with E-state index in [2.05, 4.69) is 6.92 Å². The van der Waals surface area contributed by atoms with Crippen LogP contribution in [0.3, 0.4) is 0 Å². The van der Waals surface area contributed by atoms with Gasteiger partial charge < -0.3 is 4.74 Å². The fraction of sp³-hybridized carbons (Fsp3) is 0.529. The summed E-state index contributed by atoms with van der Waals surface area (Å²) in [5.74, 6) is -1.32. The second-order valence-corrected chi connectivity index (χ2v) is 7.50. The number of nitrogens with zero attached hydrogens (tertiary/aromatic N) is 1. The van der Waals surface area contributed by atoms with Gasteiger partial charge in [-0.3, -0.25) is 4.79 Å². The molecule has 2 rings (SSSR count). The van der Waals surface area contributed by atoms with E-state index in [9.17, 15) is 18.0 Å². The van der Waals surface area contributed by atoms with Gasteiger partial charge in [0.15, 0.2) is 0 Å². The topological polar surface area (TPSA) is 80.8 Å². The number of unbranched alkanes of at least 4 members (excludes halogenated alkanes) is 3. The smallest absolute Gasteiger partial charge is 0.330 e. The van der Waals surface area contributed by atoms with E-state index in [1.807, 2.05) is 0 Å². The number of rotatable bonds is 8. The van der Waals surface area contributed by atoms with Gasteiger partial charge in [-0.2, -0.15) is 0 Å². The molecule has 0 fully saturated rings. The summed E-state index contributed by atoms with van der Waals surface area (Å²) in [7, 11) is -4.02. The molecule has 1 aliphatic rings. The molecule has 0 radical (unpaired) electrons. The zero-order valence-electron chi connectivity index (χ0n) is 14.0. The van der Waals surface area contributed by atoms with E-state index in [4.69, 9.17) is 4.74 Å². The van der Waals surface area contributed by atoms with Gasteiger partial charge in [-0.25, -0.2) is 17.5 Å². The highest BCUT2D eigenvalue weighted by Gasteiger charge is 2.47. The van der Waals surface area contributed by atoms with Crippen LogP contribution in [0.5, 0.6) is 0 Å². The van der Waals surface area contributed by atoms with Crippen LogP contribution in [-0.2, 0) is 19.6 Å². The van der Waals surface area contributed by atoms with Crippen LogP contribution in [0.15, 0.2) is 29.2 Å². The number of esters is 1. The van der Waals surface area contributed by atoms with Gasteiger partial charge >= 0.3 is 5.97 Å². The van der Waals surface area contributed by atoms with Gasteiger partial charge in [-0.05, 0) is 25.5 Å². The summed E-state index contributed by atoms with van der Waals surface area (Å²) in [6, 6.07) is 4.92. The van der Waals surface area contributed by atoms with Gasteiger partial charge in [0.1, 0.15) is 10.9 Å². The molecule has 1 aliphatic heterocycles. The lowest BCUT2D eigenvalue weighted by Gasteiger charge is -2.24. The SMILES string of the molecule is CCCCCCC(C(=O)OCC)N1C(=O)c2ccccc2S1(=O)=O. The number of sulfonamides is 1. The summed E-state index contributed by atoms with van der Waals surface area (Å²) < 4.78 is 31.2. The first-order valence-electron chi connectivity index (χ1n) is 8.29. The molecule has 6 nitrogen and oxygen atoms in total. The van der Waals surface area contributed by atoms with Crippen LogP contribution in [0.25, 0.3) is 0 Å². The molecular formula is C17H23NO5S. The van der Waals surface area contributed by atoms with E-state index in [0.717, 1.165) is 19.3 Å². The fourth-order valence-corrected chi connectivity index (χ4v) is 4.58. The molecule has 1 amide bonds. The Labute approximate surface area is 142 Å². The van der Waals surface area contributed by atoms with Gasteiger partial charge in [0.05, 0.1) is 12.2 Å². The van der Waals surface area contributed by atoms with Crippen LogP contribution >= 0.6 is 0 Å². The molecule has 1 atom stereocenters. The summed E-state index contributed by atoms with van der Waals surface area (Å²) in [6.07, 6.45) is 3.83. The Kier molecular flexibility index (Phi) is 5.99. The van der Waals surface area contributed by atoms with E-state index in [1.54, 1.807) is 19.1 Å². The maximum atomic E-state index is 12.7. The summed E-state index contributed by atoms with van der Waals surface area (Å²) in [6.45, 7) is 3.86. The normalized spacial score (nSPS) is 16.8. The standard InChI is InChI=1S/C17H23NO5S/c1-3-5-6-7-11-14(17(20)23-4-2)18-16(19)13-10-8-9-12-15(13)24(18,21)22/h8-10,12,14H,3-7,11H2,1-2H3. The Morgan fingerprint density at radius 2 is 1.88 bits per heavy atom. The highest BCUT2D eigenvalue weighted by Crippen LogP contribution is 2.33. The van der Waals surface area contributed by atoms with Gasteiger partial charge in [-0.1, -0.05) is 44.7 Å². The molecule has 0 N–H and O–H groups in total. The molecule has 1 heterocycles. The molecule has 7 heteroatoms. The molecule has 24 heavy (non-hydrogen) atoms. The fourth-order valence-electron chi connectivity index (χ4n) is 2.84. The summed E-state index contributed by atoms with van der Waals surface area (Å²) in [4.78, 5) is 24.8. The number of ether oxygens (including phenoxy) is 1. The van der Waals surface area contributed by atoms with Gasteiger partial charge in [0.25, 0.3) is 15.9 Å². The number of carbonyl (C=O) groups excluding carboxylic acids is 2. The molecular weight excluding hydrogens is 330 g/mol. The first kappa shape index (κ1) is 18.4. The minimum atomic E-state index is -4.02. The Hall–Kier alpha value is -1.89. The second kappa shape index (κ2) is 7.79. The number of hydrogen-bond donors (Lipinski definition) is 0. The lowest BCUT2D eigenvalue weighted by molar-refractivity contribution is -0.147. The average Bonchev–Trinajstić information content (AvgIpc) is 2.76. The van der Waals surface area contributed by atoms with Crippen LogP contribution < -0.4 is 0 Å². The molecule has 132 valence electrons. The van der Waals surface area contributed by atoms with Gasteiger partial charge in [0.2, 0.25) is 0 Å². The Morgan fingerprint density at radius 3 is 2.50 bits per heavy atom. The van der Waals surface area contributed by atoms with Gasteiger partial charge in [-0.15, -0.1) is 0 Å². The van der Waals surface area contributed by atoms with Crippen molar-refractivity contribution in [1.29, 1.82) is 0 Å². The summed E-state index contributed by atoms with van der Waals surface area (Å²) >= 11 is 0. The van der Waals surface area contributed by atoms with Crippen molar-refractivity contribution in [3.8, 4) is 0 Å². The third-order valence-electron chi connectivity index (χ3n) is 4.03. The monoisotopic (exact) mass is 353 g/mol. The molecule has 1 unspecified atom stereocenters. The lowest BCUT2D eigenvalue weighted by atomic mass is 10.1. The van der Waals surface area contributed by atoms with Crippen LogP contribution in [0.2, 0.25) is 0 Å². The quantitative estimate of drug-likeness (QED) is 0.530. The largest absolute Gasteiger partial charge is 0.464 e. The third-order valence-corrected chi connectivity index (χ3v) is 5.88. The highest BCUT2D eigenvalue weighted by molar-refractivity contribution is 7.90. The van der Waals surface area contributed by atoms with Crippen molar-refractivity contribution in [2.75, 3.05) is 6.61 Å². The minimum Gasteiger partial charge on any atom is -0.464 e. The number of amides is 1. The summed E-state index contributed by atoms with van der Waals surface area (Å²) in [5, 5.41) is 0. The van der Waals surface area contributed by atoms with Crippen molar-refractivity contribution in [2.24, 2.45) is 0 Å². The van der Waals surface area contributed by atoms with E-state index in [1.165, 1.54) is 12.1 Å². The number of fused-ring (bicyclic) bond motifs is 1. The zero-order chi connectivity index (χ0) is 17.7. The van der Waals surface area contributed by atoms with E-state index >= 15 is 0 Å². The maximum Gasteiger partial charge on any atom is 0.330 e. The molecule has 0 saturated carbocycles. The number of benzene rings is 1. The molecule has 1 aromatic carbocycles. The van der Waals surface area contributed by atoms with Crippen LogP contribution in [0, 0.1) is 0 Å². The molecule has 0 spiro atoms. The minimum absolute atomic E-state index is 0.0437. The molecule has 0 bridgehead atoms. The Morgan fingerprint density at radius 1 is 1.17 bits per heavy atom. The predicted molar refractivity (Wildman–Crippen MR) is 89.0 cm³/mol. The van der Waals surface area contributed by atoms with Crippen molar-refractivity contribution >= 4 is 21.9 Å². The average molecular weight is 353 g/mol. The molecule has 1 aromatic rings. The van der Waals surface area contributed by atoms with Crippen molar-refractivity contribution in [3.63, 3.8) is 0 Å². The molecule has 0 aliphatic carbocycles. The van der Waals surface area contributed by atoms with Crippen molar-refractivity contribution in [1.82, 2.24) is 4.31 Å². The van der Waals surface area contributed by atoms with Crippen LogP contribution in [0.4, 0.5) is 0 Å². The Bertz CT molecular complexity index is 713. The van der Waals surface area contributed by atoms with Crippen molar-refractivity contribution in [2.45, 2.75) is 56.9 Å².